The van der Waals surface area contributed by atoms with E-state index in [-0.39, 0.29) is 11.8 Å². The van der Waals surface area contributed by atoms with Gasteiger partial charge in [-0.2, -0.15) is 0 Å². The van der Waals surface area contributed by atoms with Crippen LogP contribution >= 0.6 is 0 Å². The summed E-state index contributed by atoms with van der Waals surface area (Å²) >= 11 is 0. The Morgan fingerprint density at radius 2 is 1.92 bits per heavy atom. The van der Waals surface area contributed by atoms with Crippen LogP contribution in [0.3, 0.4) is 0 Å². The number of amides is 1. The molecule has 0 saturated carbocycles. The van der Waals surface area contributed by atoms with E-state index in [4.69, 9.17) is 0 Å². The van der Waals surface area contributed by atoms with Gasteiger partial charge in [0.1, 0.15) is 0 Å². The van der Waals surface area contributed by atoms with Crippen molar-refractivity contribution >= 4 is 11.9 Å². The molecule has 1 aromatic heterocycles. The van der Waals surface area contributed by atoms with Gasteiger partial charge in [0.2, 0.25) is 11.9 Å². The van der Waals surface area contributed by atoms with Gasteiger partial charge in [-0.15, -0.1) is 0 Å². The summed E-state index contributed by atoms with van der Waals surface area (Å²) in [4.78, 5) is 26.1. The first-order valence-electron chi connectivity index (χ1n) is 9.69. The molecule has 3 rings (SSSR count). The molecule has 6 heteroatoms. The van der Waals surface area contributed by atoms with E-state index in [1.807, 2.05) is 20.0 Å². The van der Waals surface area contributed by atoms with Crippen LogP contribution in [0, 0.1) is 19.8 Å². The lowest BCUT2D eigenvalue weighted by molar-refractivity contribution is -0.125. The highest BCUT2D eigenvalue weighted by molar-refractivity contribution is 5.78. The van der Waals surface area contributed by atoms with E-state index in [0.717, 1.165) is 62.6 Å². The summed E-state index contributed by atoms with van der Waals surface area (Å²) in [5, 5.41) is 3.13. The Labute approximate surface area is 151 Å². The van der Waals surface area contributed by atoms with E-state index < -0.39 is 0 Å². The van der Waals surface area contributed by atoms with Crippen LogP contribution in [0.2, 0.25) is 0 Å². The molecule has 1 N–H and O–H groups in total. The SMILES string of the molecule is Cc1cnc(N2CCC(C(=O)NCCCN3CCCC3)CC2)nc1C. The topological polar surface area (TPSA) is 61.4 Å². The Morgan fingerprint density at radius 1 is 1.20 bits per heavy atom. The molecule has 0 radical (unpaired) electrons. The average molecular weight is 345 g/mol. The third-order valence-corrected chi connectivity index (χ3v) is 5.51. The van der Waals surface area contributed by atoms with Gasteiger partial charge in [0.05, 0.1) is 0 Å². The lowest BCUT2D eigenvalue weighted by Gasteiger charge is -2.31. The minimum Gasteiger partial charge on any atom is -0.356 e. The molecule has 0 spiro atoms. The lowest BCUT2D eigenvalue weighted by atomic mass is 9.96. The summed E-state index contributed by atoms with van der Waals surface area (Å²) in [5.74, 6) is 1.16. The molecule has 0 unspecified atom stereocenters. The van der Waals surface area contributed by atoms with E-state index in [0.29, 0.717) is 0 Å². The van der Waals surface area contributed by atoms with Crippen LogP contribution in [0.5, 0.6) is 0 Å². The third-order valence-electron chi connectivity index (χ3n) is 5.51. The van der Waals surface area contributed by atoms with Crippen molar-refractivity contribution in [1.29, 1.82) is 0 Å². The van der Waals surface area contributed by atoms with Gasteiger partial charge in [-0.1, -0.05) is 0 Å². The summed E-state index contributed by atoms with van der Waals surface area (Å²) in [7, 11) is 0. The summed E-state index contributed by atoms with van der Waals surface area (Å²) in [6, 6.07) is 0. The summed E-state index contributed by atoms with van der Waals surface area (Å²) in [5.41, 5.74) is 2.15. The van der Waals surface area contributed by atoms with Crippen LogP contribution in [0.1, 0.15) is 43.4 Å². The van der Waals surface area contributed by atoms with Crippen LogP contribution in [0.15, 0.2) is 6.20 Å². The lowest BCUT2D eigenvalue weighted by Crippen LogP contribution is -2.41. The maximum absolute atomic E-state index is 12.4. The average Bonchev–Trinajstić information content (AvgIpc) is 3.14. The Bertz CT molecular complexity index is 577. The molecular formula is C19H31N5O. The van der Waals surface area contributed by atoms with Crippen molar-refractivity contribution in [2.75, 3.05) is 44.2 Å². The van der Waals surface area contributed by atoms with Gasteiger partial charge in [-0.3, -0.25) is 4.79 Å². The van der Waals surface area contributed by atoms with E-state index in [1.54, 1.807) is 0 Å². The Hall–Kier alpha value is -1.69. The predicted molar refractivity (Wildman–Crippen MR) is 99.7 cm³/mol. The molecule has 0 aliphatic carbocycles. The van der Waals surface area contributed by atoms with Crippen LogP contribution in [0.4, 0.5) is 5.95 Å². The van der Waals surface area contributed by atoms with Crippen molar-refractivity contribution in [3.63, 3.8) is 0 Å². The van der Waals surface area contributed by atoms with Crippen LogP contribution in [-0.4, -0.2) is 60.0 Å². The molecule has 0 bridgehead atoms. The minimum absolute atomic E-state index is 0.134. The van der Waals surface area contributed by atoms with E-state index in [2.05, 4.69) is 25.1 Å². The molecular weight excluding hydrogens is 314 g/mol. The summed E-state index contributed by atoms with van der Waals surface area (Å²) in [6.45, 7) is 10.1. The highest BCUT2D eigenvalue weighted by atomic mass is 16.1. The fourth-order valence-corrected chi connectivity index (χ4v) is 3.67. The molecule has 0 atom stereocenters. The number of hydrogen-bond acceptors (Lipinski definition) is 5. The second-order valence-electron chi connectivity index (χ2n) is 7.39. The Kier molecular flexibility index (Phi) is 6.24. The highest BCUT2D eigenvalue weighted by Crippen LogP contribution is 2.21. The predicted octanol–water partition coefficient (Wildman–Crippen LogP) is 1.91. The fraction of sp³-hybridized carbons (Fsp3) is 0.737. The Morgan fingerprint density at radius 3 is 2.60 bits per heavy atom. The number of rotatable bonds is 6. The van der Waals surface area contributed by atoms with E-state index in [9.17, 15) is 4.79 Å². The molecule has 1 aromatic rings. The van der Waals surface area contributed by atoms with Crippen molar-refractivity contribution in [3.8, 4) is 0 Å². The highest BCUT2D eigenvalue weighted by Gasteiger charge is 2.26. The molecule has 3 heterocycles. The molecule has 2 saturated heterocycles. The normalized spacial score (nSPS) is 19.4. The standard InChI is InChI=1S/C19H31N5O/c1-15-14-21-19(22-16(15)2)24-12-6-17(7-13-24)18(25)20-8-5-11-23-9-3-4-10-23/h14,17H,3-13H2,1-2H3,(H,20,25). The van der Waals surface area contributed by atoms with Crippen molar-refractivity contribution in [1.82, 2.24) is 20.2 Å². The Balaban J connectivity index is 1.37. The molecule has 6 nitrogen and oxygen atoms in total. The summed E-state index contributed by atoms with van der Waals surface area (Å²) in [6.07, 6.45) is 7.37. The molecule has 1 amide bonds. The van der Waals surface area contributed by atoms with Gasteiger partial charge >= 0.3 is 0 Å². The first-order chi connectivity index (χ1) is 12.1. The molecule has 0 aromatic carbocycles. The first-order valence-corrected chi connectivity index (χ1v) is 9.69. The third kappa shape index (κ3) is 4.91. The van der Waals surface area contributed by atoms with E-state index in [1.165, 1.54) is 25.9 Å². The zero-order valence-electron chi connectivity index (χ0n) is 15.6. The zero-order valence-corrected chi connectivity index (χ0v) is 15.6. The zero-order chi connectivity index (χ0) is 17.6. The number of anilines is 1. The quantitative estimate of drug-likeness (QED) is 0.798. The first kappa shape index (κ1) is 18.1. The molecule has 2 aliphatic rings. The number of nitrogens with one attached hydrogen (secondary N) is 1. The van der Waals surface area contributed by atoms with Gasteiger partial charge < -0.3 is 15.1 Å². The van der Waals surface area contributed by atoms with Crippen molar-refractivity contribution in [2.24, 2.45) is 5.92 Å². The second-order valence-corrected chi connectivity index (χ2v) is 7.39. The number of aromatic nitrogens is 2. The number of likely N-dealkylation sites (tertiary alicyclic amines) is 1. The number of nitrogens with zero attached hydrogens (tertiary/aromatic N) is 4. The monoisotopic (exact) mass is 345 g/mol. The van der Waals surface area contributed by atoms with Gasteiger partial charge in [-0.05, 0) is 71.1 Å². The number of hydrogen-bond donors (Lipinski definition) is 1. The smallest absolute Gasteiger partial charge is 0.225 e. The van der Waals surface area contributed by atoms with Gasteiger partial charge in [0.15, 0.2) is 0 Å². The molecule has 25 heavy (non-hydrogen) atoms. The van der Waals surface area contributed by atoms with Gasteiger partial charge in [0.25, 0.3) is 0 Å². The summed E-state index contributed by atoms with van der Waals surface area (Å²) < 4.78 is 0. The second kappa shape index (κ2) is 8.61. The largest absolute Gasteiger partial charge is 0.356 e. The van der Waals surface area contributed by atoms with Gasteiger partial charge in [0, 0.05) is 37.4 Å². The van der Waals surface area contributed by atoms with Crippen molar-refractivity contribution in [2.45, 2.75) is 46.0 Å². The maximum atomic E-state index is 12.4. The number of aryl methyl sites for hydroxylation is 2. The number of carbonyl (C=O) groups is 1. The van der Waals surface area contributed by atoms with Crippen LogP contribution in [0.25, 0.3) is 0 Å². The van der Waals surface area contributed by atoms with E-state index >= 15 is 0 Å². The van der Waals surface area contributed by atoms with Crippen LogP contribution < -0.4 is 10.2 Å². The fourth-order valence-electron chi connectivity index (χ4n) is 3.67. The van der Waals surface area contributed by atoms with Crippen molar-refractivity contribution < 1.29 is 4.79 Å². The molecule has 2 aliphatic heterocycles. The molecule has 138 valence electrons. The van der Waals surface area contributed by atoms with Gasteiger partial charge in [-0.25, -0.2) is 9.97 Å². The van der Waals surface area contributed by atoms with Crippen molar-refractivity contribution in [3.05, 3.63) is 17.5 Å². The maximum Gasteiger partial charge on any atom is 0.225 e. The molecule has 2 fully saturated rings. The number of carbonyl (C=O) groups excluding carboxylic acids is 1. The minimum atomic E-state index is 0.134. The number of piperidine rings is 1. The van der Waals surface area contributed by atoms with Crippen LogP contribution in [-0.2, 0) is 4.79 Å².